The van der Waals surface area contributed by atoms with Crippen molar-refractivity contribution < 1.29 is 14.7 Å². The predicted octanol–water partition coefficient (Wildman–Crippen LogP) is 5.71. The summed E-state index contributed by atoms with van der Waals surface area (Å²) in [5, 5.41) is 13.8. The molecule has 0 radical (unpaired) electrons. The summed E-state index contributed by atoms with van der Waals surface area (Å²) in [6, 6.07) is 9.62. The number of piperidine rings is 2. The van der Waals surface area contributed by atoms with Crippen LogP contribution in [0.5, 0.6) is 0 Å². The molecule has 1 N–H and O–H groups in total. The fourth-order valence-electron chi connectivity index (χ4n) is 9.29. The van der Waals surface area contributed by atoms with E-state index in [2.05, 4.69) is 21.9 Å². The van der Waals surface area contributed by atoms with E-state index in [9.17, 15) is 14.7 Å². The first kappa shape index (κ1) is 31.2. The van der Waals surface area contributed by atoms with Crippen molar-refractivity contribution in [2.24, 2.45) is 22.9 Å². The third kappa shape index (κ3) is 6.89. The highest BCUT2D eigenvalue weighted by atomic mass is 16.6. The number of carboxylic acids is 1. The van der Waals surface area contributed by atoms with Crippen LogP contribution in [0.15, 0.2) is 34.2 Å². The van der Waals surface area contributed by atoms with Crippen LogP contribution in [0.2, 0.25) is 0 Å². The number of carboxylic acid groups (broad SMARTS) is 1. The Balaban J connectivity index is 1.30. The van der Waals surface area contributed by atoms with Gasteiger partial charge in [0.15, 0.2) is 5.69 Å². The zero-order chi connectivity index (χ0) is 30.8. The number of para-hydroxylation sites is 2. The smallest absolute Gasteiger partial charge is 0.303 e. The number of aromatic nitrogens is 2. The maximum Gasteiger partial charge on any atom is 0.303 e. The number of benzene rings is 1. The number of nitrogens with zero attached hydrogens (tertiary/aromatic N) is 5. The largest absolute Gasteiger partial charge is 0.481 e. The lowest BCUT2D eigenvalue weighted by atomic mass is 9.65. The Hall–Kier alpha value is -2.78. The Bertz CT molecular complexity index is 1370. The van der Waals surface area contributed by atoms with Crippen molar-refractivity contribution in [1.82, 2.24) is 19.4 Å². The maximum absolute atomic E-state index is 14.4. The quantitative estimate of drug-likeness (QED) is 0.199. The fraction of sp³-hybridized carbons (Fsp3) is 0.714. The summed E-state index contributed by atoms with van der Waals surface area (Å²) in [5.74, 6) is 1.69. The minimum absolute atomic E-state index is 0.0746. The van der Waals surface area contributed by atoms with Crippen molar-refractivity contribution in [2.45, 2.75) is 115 Å². The van der Waals surface area contributed by atoms with Gasteiger partial charge < -0.3 is 19.4 Å². The molecule has 2 aliphatic heterocycles. The van der Waals surface area contributed by atoms with Crippen LogP contribution < -0.4 is 5.56 Å². The number of fused-ring (bicyclic) bond motifs is 5. The van der Waals surface area contributed by atoms with Crippen molar-refractivity contribution in [1.29, 1.82) is 0 Å². The van der Waals surface area contributed by atoms with Crippen molar-refractivity contribution in [2.75, 3.05) is 27.2 Å². The van der Waals surface area contributed by atoms with E-state index in [0.29, 0.717) is 30.4 Å². The number of oxime groups is 1. The normalized spacial score (nSPS) is 30.9. The zero-order valence-corrected chi connectivity index (χ0v) is 26.9. The lowest BCUT2D eigenvalue weighted by molar-refractivity contribution is -0.136. The molecular weight excluding hydrogens is 554 g/mol. The second-order valence-corrected chi connectivity index (χ2v) is 14.5. The molecule has 2 aliphatic carbocycles. The minimum Gasteiger partial charge on any atom is -0.481 e. The monoisotopic (exact) mass is 605 g/mol. The first-order valence-electron chi connectivity index (χ1n) is 17.1. The molecule has 0 amide bonds. The van der Waals surface area contributed by atoms with Gasteiger partial charge in [-0.05, 0) is 108 Å². The Morgan fingerprint density at radius 1 is 0.977 bits per heavy atom. The van der Waals surface area contributed by atoms with Gasteiger partial charge in [-0.1, -0.05) is 30.6 Å². The number of rotatable bonds is 11. The van der Waals surface area contributed by atoms with Gasteiger partial charge in [0.25, 0.3) is 5.56 Å². The molecule has 1 aromatic heterocycles. The van der Waals surface area contributed by atoms with Gasteiger partial charge in [0, 0.05) is 37.1 Å². The molecule has 4 aliphatic rings. The van der Waals surface area contributed by atoms with Gasteiger partial charge in [-0.2, -0.15) is 0 Å². The SMILES string of the molecule is CC1C[C@@H]2CC(N3[C@@H]4CCC[C@H]3CC(n3c(=O)c(/C(CCC(=O)O)=N/OCCCN(C)C)nc5ccccc53)C4)C[C@H](C1)C2. The lowest BCUT2D eigenvalue weighted by Gasteiger charge is -2.55. The van der Waals surface area contributed by atoms with Gasteiger partial charge in [-0.15, -0.1) is 0 Å². The summed E-state index contributed by atoms with van der Waals surface area (Å²) in [5.41, 5.74) is 1.95. The molecular formula is C35H51N5O4. The van der Waals surface area contributed by atoms with Crippen molar-refractivity contribution in [3.05, 3.63) is 40.3 Å². The van der Waals surface area contributed by atoms with Gasteiger partial charge in [0.2, 0.25) is 0 Å². The molecule has 2 aromatic rings. The van der Waals surface area contributed by atoms with Crippen LogP contribution in [-0.2, 0) is 9.63 Å². The number of hydrogen-bond acceptors (Lipinski definition) is 7. The van der Waals surface area contributed by atoms with Gasteiger partial charge in [0.1, 0.15) is 12.3 Å². The molecule has 6 rings (SSSR count). The first-order valence-corrected chi connectivity index (χ1v) is 17.1. The van der Waals surface area contributed by atoms with Crippen LogP contribution in [0.25, 0.3) is 11.0 Å². The number of hydrogen-bond donors (Lipinski definition) is 1. The lowest BCUT2D eigenvalue weighted by Crippen LogP contribution is -2.59. The standard InChI is InChI=1S/C35H51N5O4/c1-23-16-24-18-25(17-23)20-28(19-24)39-26-8-6-9-27(39)22-29(21-26)40-32-11-5-4-10-30(32)36-34(35(40)43)31(12-13-33(41)42)37-44-15-7-14-38(2)3/h4-5,10-11,23-29H,6-9,12-22H2,1-3H3,(H,41,42)/b37-31+/t23?,24-,25+,26-,27+,28?,29?. The Kier molecular flexibility index (Phi) is 9.71. The fourth-order valence-corrected chi connectivity index (χ4v) is 9.29. The van der Waals surface area contributed by atoms with Crippen molar-refractivity contribution in [3.8, 4) is 0 Å². The highest BCUT2D eigenvalue weighted by Crippen LogP contribution is 2.48. The van der Waals surface area contributed by atoms with E-state index in [4.69, 9.17) is 9.82 Å². The van der Waals surface area contributed by atoms with E-state index in [1.54, 1.807) is 0 Å². The summed E-state index contributed by atoms with van der Waals surface area (Å²) >= 11 is 0. The average molecular weight is 606 g/mol. The highest BCUT2D eigenvalue weighted by Gasteiger charge is 2.46. The van der Waals surface area contributed by atoms with Gasteiger partial charge in [-0.3, -0.25) is 14.5 Å². The van der Waals surface area contributed by atoms with E-state index < -0.39 is 5.97 Å². The number of aliphatic carboxylic acids is 1. The van der Waals surface area contributed by atoms with Crippen LogP contribution in [-0.4, -0.2) is 81.5 Å². The molecule has 1 aromatic carbocycles. The molecule has 4 fully saturated rings. The van der Waals surface area contributed by atoms with E-state index in [1.807, 2.05) is 42.9 Å². The highest BCUT2D eigenvalue weighted by molar-refractivity contribution is 6.00. The Morgan fingerprint density at radius 2 is 1.68 bits per heavy atom. The van der Waals surface area contributed by atoms with Crippen molar-refractivity contribution >= 4 is 22.7 Å². The van der Waals surface area contributed by atoms with Crippen LogP contribution in [0, 0.1) is 17.8 Å². The predicted molar refractivity (Wildman–Crippen MR) is 173 cm³/mol. The zero-order valence-electron chi connectivity index (χ0n) is 26.9. The molecule has 9 nitrogen and oxygen atoms in total. The van der Waals surface area contributed by atoms with Crippen LogP contribution in [0.3, 0.4) is 0 Å². The van der Waals surface area contributed by atoms with Crippen LogP contribution >= 0.6 is 0 Å². The third-order valence-electron chi connectivity index (χ3n) is 10.8. The van der Waals surface area contributed by atoms with E-state index >= 15 is 0 Å². The molecule has 240 valence electrons. The first-order chi connectivity index (χ1) is 21.3. The van der Waals surface area contributed by atoms with Gasteiger partial charge >= 0.3 is 5.97 Å². The Morgan fingerprint density at radius 3 is 2.36 bits per heavy atom. The van der Waals surface area contributed by atoms with E-state index in [1.165, 1.54) is 51.4 Å². The number of carbonyl (C=O) groups is 1. The topological polar surface area (TPSA) is 100 Å². The molecule has 3 heterocycles. The molecule has 7 atom stereocenters. The average Bonchev–Trinajstić information content (AvgIpc) is 2.97. The second-order valence-electron chi connectivity index (χ2n) is 14.5. The third-order valence-corrected chi connectivity index (χ3v) is 10.8. The molecule has 2 saturated carbocycles. The molecule has 9 heteroatoms. The summed E-state index contributed by atoms with van der Waals surface area (Å²) in [6.07, 6.45) is 13.2. The summed E-state index contributed by atoms with van der Waals surface area (Å²) in [7, 11) is 4.00. The molecule has 0 spiro atoms. The van der Waals surface area contributed by atoms with Crippen LogP contribution in [0.1, 0.15) is 102 Å². The summed E-state index contributed by atoms with van der Waals surface area (Å²) in [4.78, 5) is 41.4. The van der Waals surface area contributed by atoms with E-state index in [-0.39, 0.29) is 30.1 Å². The summed E-state index contributed by atoms with van der Waals surface area (Å²) in [6.45, 7) is 3.68. The maximum atomic E-state index is 14.4. The molecule has 4 bridgehead atoms. The molecule has 2 saturated heterocycles. The van der Waals surface area contributed by atoms with Gasteiger partial charge in [-0.25, -0.2) is 4.98 Å². The molecule has 3 unspecified atom stereocenters. The second kappa shape index (κ2) is 13.7. The van der Waals surface area contributed by atoms with E-state index in [0.717, 1.165) is 54.6 Å². The molecule has 44 heavy (non-hydrogen) atoms. The van der Waals surface area contributed by atoms with Gasteiger partial charge in [0.05, 0.1) is 17.5 Å². The van der Waals surface area contributed by atoms with Crippen molar-refractivity contribution in [3.63, 3.8) is 0 Å². The van der Waals surface area contributed by atoms with Crippen LogP contribution in [0.4, 0.5) is 0 Å². The summed E-state index contributed by atoms with van der Waals surface area (Å²) < 4.78 is 1.99. The Labute approximate surface area is 261 Å². The minimum atomic E-state index is -0.937.